The van der Waals surface area contributed by atoms with Crippen molar-refractivity contribution in [3.8, 4) is 5.75 Å². The molecule has 1 aromatic heterocycles. The molecule has 1 atom stereocenters. The van der Waals surface area contributed by atoms with Gasteiger partial charge in [0.25, 0.3) is 5.91 Å². The van der Waals surface area contributed by atoms with Gasteiger partial charge in [-0.05, 0) is 23.6 Å². The molecule has 0 saturated heterocycles. The predicted molar refractivity (Wildman–Crippen MR) is 90.5 cm³/mol. The van der Waals surface area contributed by atoms with E-state index in [0.717, 1.165) is 10.8 Å². The summed E-state index contributed by atoms with van der Waals surface area (Å²) in [5.41, 5.74) is 0.674. The summed E-state index contributed by atoms with van der Waals surface area (Å²) >= 11 is 0. The van der Waals surface area contributed by atoms with Crippen molar-refractivity contribution in [1.82, 2.24) is 0 Å². The molecule has 1 N–H and O–H groups in total. The number of pyridine rings is 1. The fraction of sp³-hybridized carbons (Fsp3) is 0.158. The van der Waals surface area contributed by atoms with Gasteiger partial charge in [0.05, 0.1) is 12.8 Å². The van der Waals surface area contributed by atoms with Crippen molar-refractivity contribution in [3.63, 3.8) is 0 Å². The Labute approximate surface area is 135 Å². The zero-order chi connectivity index (χ0) is 16.2. The highest BCUT2D eigenvalue weighted by Gasteiger charge is 2.23. The van der Waals surface area contributed by atoms with Gasteiger partial charge in [-0.15, -0.1) is 0 Å². The molecule has 0 aliphatic heterocycles. The molecule has 4 heteroatoms. The summed E-state index contributed by atoms with van der Waals surface area (Å²) in [6.45, 7) is 1.87. The Morgan fingerprint density at radius 1 is 1.04 bits per heavy atom. The number of nitrogens with zero attached hydrogens (tertiary/aromatic N) is 1. The molecule has 0 fully saturated rings. The molecule has 1 amide bonds. The van der Waals surface area contributed by atoms with E-state index in [-0.39, 0.29) is 11.9 Å². The third kappa shape index (κ3) is 3.16. The van der Waals surface area contributed by atoms with Gasteiger partial charge in [0.2, 0.25) is 6.04 Å². The smallest absolute Gasteiger partial charge is 0.293 e. The van der Waals surface area contributed by atoms with E-state index in [1.165, 1.54) is 0 Å². The van der Waals surface area contributed by atoms with Gasteiger partial charge >= 0.3 is 0 Å². The zero-order valence-electron chi connectivity index (χ0n) is 13.2. The van der Waals surface area contributed by atoms with Gasteiger partial charge in [0.15, 0.2) is 12.4 Å². The number of carbonyl (C=O) groups is 1. The summed E-state index contributed by atoms with van der Waals surface area (Å²) in [5, 5.41) is 5.18. The molecule has 1 heterocycles. The van der Waals surface area contributed by atoms with Crippen LogP contribution in [0.15, 0.2) is 67.0 Å². The summed E-state index contributed by atoms with van der Waals surface area (Å²) in [4.78, 5) is 12.5. The molecule has 0 aliphatic rings. The van der Waals surface area contributed by atoms with Gasteiger partial charge in [-0.25, -0.2) is 0 Å². The summed E-state index contributed by atoms with van der Waals surface area (Å²) < 4.78 is 7.18. The van der Waals surface area contributed by atoms with Crippen LogP contribution in [0.25, 0.3) is 10.8 Å². The average molecular weight is 307 g/mol. The lowest BCUT2D eigenvalue weighted by Gasteiger charge is -2.12. The second kappa shape index (κ2) is 6.48. The lowest BCUT2D eigenvalue weighted by molar-refractivity contribution is -0.704. The number of aromatic nitrogens is 1. The van der Waals surface area contributed by atoms with Crippen molar-refractivity contribution < 1.29 is 14.1 Å². The van der Waals surface area contributed by atoms with E-state index in [1.807, 2.05) is 72.4 Å². The van der Waals surface area contributed by atoms with Crippen LogP contribution in [0, 0.1) is 0 Å². The molecule has 23 heavy (non-hydrogen) atoms. The highest BCUT2D eigenvalue weighted by Crippen LogP contribution is 2.23. The number of rotatable bonds is 4. The number of hydrogen-bond donors (Lipinski definition) is 1. The van der Waals surface area contributed by atoms with E-state index in [2.05, 4.69) is 11.4 Å². The standard InChI is InChI=1S/C19H18N2O2/c1-14(19(22)20-17-9-5-6-10-18(17)23-2)21-12-11-15-7-3-4-8-16(15)13-21/h3-14H,1-2H3/p+1/t14-/m1/s1. The average Bonchev–Trinajstić information content (AvgIpc) is 2.61. The summed E-state index contributed by atoms with van der Waals surface area (Å²) in [7, 11) is 1.59. The van der Waals surface area contributed by atoms with E-state index in [1.54, 1.807) is 7.11 Å². The second-order valence-corrected chi connectivity index (χ2v) is 5.39. The molecule has 0 radical (unpaired) electrons. The highest BCUT2D eigenvalue weighted by atomic mass is 16.5. The third-order valence-corrected chi connectivity index (χ3v) is 3.90. The number of hydrogen-bond acceptors (Lipinski definition) is 2. The van der Waals surface area contributed by atoms with Gasteiger partial charge in [0.1, 0.15) is 5.75 Å². The molecule has 0 saturated carbocycles. The number of anilines is 1. The zero-order valence-corrected chi connectivity index (χ0v) is 13.2. The quantitative estimate of drug-likeness (QED) is 0.751. The first-order valence-electron chi connectivity index (χ1n) is 7.52. The number of benzene rings is 2. The maximum atomic E-state index is 12.5. The van der Waals surface area contributed by atoms with Crippen LogP contribution in [-0.2, 0) is 4.79 Å². The molecule has 0 bridgehead atoms. The van der Waals surface area contributed by atoms with Crippen LogP contribution < -0.4 is 14.6 Å². The van der Waals surface area contributed by atoms with E-state index in [0.29, 0.717) is 11.4 Å². The molecule has 4 nitrogen and oxygen atoms in total. The Kier molecular flexibility index (Phi) is 4.24. The molecule has 3 rings (SSSR count). The molecule has 0 aliphatic carbocycles. The van der Waals surface area contributed by atoms with Gasteiger partial charge in [-0.2, -0.15) is 4.57 Å². The lowest BCUT2D eigenvalue weighted by atomic mass is 10.1. The van der Waals surface area contributed by atoms with Crippen molar-refractivity contribution >= 4 is 22.4 Å². The normalized spacial score (nSPS) is 11.9. The maximum Gasteiger partial charge on any atom is 0.293 e. The van der Waals surface area contributed by atoms with Gasteiger partial charge in [-0.1, -0.05) is 30.3 Å². The lowest BCUT2D eigenvalue weighted by Crippen LogP contribution is -2.44. The Morgan fingerprint density at radius 2 is 1.74 bits per heavy atom. The fourth-order valence-electron chi connectivity index (χ4n) is 2.51. The highest BCUT2D eigenvalue weighted by molar-refractivity contribution is 5.93. The summed E-state index contributed by atoms with van der Waals surface area (Å²) in [6, 6.07) is 17.2. The molecule has 3 aromatic rings. The van der Waals surface area contributed by atoms with E-state index >= 15 is 0 Å². The molecule has 116 valence electrons. The minimum absolute atomic E-state index is 0.0882. The van der Waals surface area contributed by atoms with Crippen LogP contribution in [-0.4, -0.2) is 13.0 Å². The number of para-hydroxylation sites is 2. The largest absolute Gasteiger partial charge is 0.495 e. The number of ether oxygens (including phenoxy) is 1. The van der Waals surface area contributed by atoms with Crippen LogP contribution in [0.3, 0.4) is 0 Å². The molecule has 0 unspecified atom stereocenters. The minimum Gasteiger partial charge on any atom is -0.495 e. The summed E-state index contributed by atoms with van der Waals surface area (Å²) in [6.07, 6.45) is 3.91. The summed E-state index contributed by atoms with van der Waals surface area (Å²) in [5.74, 6) is 0.561. The molecular weight excluding hydrogens is 288 g/mol. The van der Waals surface area contributed by atoms with E-state index in [9.17, 15) is 4.79 Å². The number of carbonyl (C=O) groups excluding carboxylic acids is 1. The monoisotopic (exact) mass is 307 g/mol. The van der Waals surface area contributed by atoms with Crippen molar-refractivity contribution in [3.05, 3.63) is 67.0 Å². The fourth-order valence-corrected chi connectivity index (χ4v) is 2.51. The second-order valence-electron chi connectivity index (χ2n) is 5.39. The van der Waals surface area contributed by atoms with Crippen LogP contribution >= 0.6 is 0 Å². The van der Waals surface area contributed by atoms with Gasteiger partial charge in [0, 0.05) is 18.4 Å². The van der Waals surface area contributed by atoms with Crippen LogP contribution in [0.1, 0.15) is 13.0 Å². The minimum atomic E-state index is -0.329. The Morgan fingerprint density at radius 3 is 2.52 bits per heavy atom. The predicted octanol–water partition coefficient (Wildman–Crippen LogP) is 3.34. The van der Waals surface area contributed by atoms with Crippen molar-refractivity contribution in [1.29, 1.82) is 0 Å². The van der Waals surface area contributed by atoms with E-state index in [4.69, 9.17) is 4.74 Å². The molecular formula is C19H19N2O2+. The van der Waals surface area contributed by atoms with Crippen LogP contribution in [0.5, 0.6) is 5.75 Å². The van der Waals surface area contributed by atoms with Crippen LogP contribution in [0.2, 0.25) is 0 Å². The first kappa shape index (κ1) is 15.0. The number of amides is 1. The number of methoxy groups -OCH3 is 1. The van der Waals surface area contributed by atoms with Crippen molar-refractivity contribution in [2.75, 3.05) is 12.4 Å². The van der Waals surface area contributed by atoms with Crippen molar-refractivity contribution in [2.24, 2.45) is 0 Å². The van der Waals surface area contributed by atoms with Crippen LogP contribution in [0.4, 0.5) is 5.69 Å². The van der Waals surface area contributed by atoms with Gasteiger partial charge in [-0.3, -0.25) is 4.79 Å². The Balaban J connectivity index is 1.83. The SMILES string of the molecule is COc1ccccc1NC(=O)[C@@H](C)[n+]1ccc2ccccc2c1. The van der Waals surface area contributed by atoms with Crippen molar-refractivity contribution in [2.45, 2.75) is 13.0 Å². The Bertz CT molecular complexity index is 845. The van der Waals surface area contributed by atoms with E-state index < -0.39 is 0 Å². The number of nitrogens with one attached hydrogen (secondary N) is 1. The maximum absolute atomic E-state index is 12.5. The Hall–Kier alpha value is -2.88. The first-order valence-corrected chi connectivity index (χ1v) is 7.52. The topological polar surface area (TPSA) is 42.2 Å². The molecule has 2 aromatic carbocycles. The third-order valence-electron chi connectivity index (χ3n) is 3.90. The number of fused-ring (bicyclic) bond motifs is 1. The molecule has 0 spiro atoms. The van der Waals surface area contributed by atoms with Gasteiger partial charge < -0.3 is 10.1 Å². The first-order chi connectivity index (χ1) is 11.2.